The second-order valence-electron chi connectivity index (χ2n) is 10.3. The van der Waals surface area contributed by atoms with Crippen molar-refractivity contribution in [3.8, 4) is 5.75 Å². The van der Waals surface area contributed by atoms with Crippen molar-refractivity contribution in [2.24, 2.45) is 5.92 Å². The predicted molar refractivity (Wildman–Crippen MR) is 141 cm³/mol. The first-order chi connectivity index (χ1) is 16.8. The topological polar surface area (TPSA) is 79.4 Å². The number of aromatic nitrogens is 2. The molecule has 0 bridgehead atoms. The number of anilines is 1. The van der Waals surface area contributed by atoms with Crippen molar-refractivity contribution >= 4 is 23.5 Å². The number of benzene rings is 1. The van der Waals surface area contributed by atoms with Crippen LogP contribution >= 0.6 is 11.6 Å². The Morgan fingerprint density at radius 1 is 1.17 bits per heavy atom. The second kappa shape index (κ2) is 11.6. The van der Waals surface area contributed by atoms with Crippen molar-refractivity contribution in [2.45, 2.75) is 64.8 Å². The van der Waals surface area contributed by atoms with E-state index in [0.717, 1.165) is 93.1 Å². The first-order valence-electron chi connectivity index (χ1n) is 12.8. The Kier molecular flexibility index (Phi) is 8.50. The zero-order valence-corrected chi connectivity index (χ0v) is 22.0. The minimum absolute atomic E-state index is 0.0197. The Morgan fingerprint density at radius 2 is 1.80 bits per heavy atom. The van der Waals surface area contributed by atoms with Crippen LogP contribution in [0.5, 0.6) is 5.75 Å². The second-order valence-corrected chi connectivity index (χ2v) is 10.8. The van der Waals surface area contributed by atoms with Crippen LogP contribution in [0.1, 0.15) is 66.9 Å². The predicted octanol–water partition coefficient (Wildman–Crippen LogP) is 4.69. The molecule has 1 aromatic carbocycles. The highest BCUT2D eigenvalue weighted by atomic mass is 35.5. The van der Waals surface area contributed by atoms with E-state index in [2.05, 4.69) is 32.4 Å². The number of nitrogens with zero attached hydrogens (tertiary/aromatic N) is 3. The van der Waals surface area contributed by atoms with E-state index in [9.17, 15) is 4.79 Å². The molecule has 2 aromatic rings. The molecule has 190 valence electrons. The zero-order valence-electron chi connectivity index (χ0n) is 21.2. The molecule has 8 heteroatoms. The average molecular weight is 500 g/mol. The highest BCUT2D eigenvalue weighted by Crippen LogP contribution is 2.27. The lowest BCUT2D eigenvalue weighted by atomic mass is 9.89. The van der Waals surface area contributed by atoms with Gasteiger partial charge >= 0.3 is 0 Å². The van der Waals surface area contributed by atoms with Crippen LogP contribution in [-0.4, -0.2) is 54.2 Å². The summed E-state index contributed by atoms with van der Waals surface area (Å²) < 4.78 is 6.08. The number of carbonyl (C=O) groups is 1. The van der Waals surface area contributed by atoms with Crippen LogP contribution in [0.3, 0.4) is 0 Å². The number of rotatable bonds is 8. The van der Waals surface area contributed by atoms with Gasteiger partial charge in [-0.05, 0) is 102 Å². The SMILES string of the molecule is Cc1cc(OCCCC2CCN(c3ncc(Cl)cn3)CC2)cc(C)c1C(=O)NC1(C)CCNCC1. The average Bonchev–Trinajstić information content (AvgIpc) is 2.82. The van der Waals surface area contributed by atoms with Gasteiger partial charge in [-0.15, -0.1) is 0 Å². The molecule has 2 N–H and O–H groups in total. The number of nitrogens with one attached hydrogen (secondary N) is 2. The van der Waals surface area contributed by atoms with Crippen molar-refractivity contribution in [1.29, 1.82) is 0 Å². The van der Waals surface area contributed by atoms with E-state index in [1.807, 2.05) is 26.0 Å². The number of hydrogen-bond donors (Lipinski definition) is 2. The van der Waals surface area contributed by atoms with Crippen LogP contribution in [0.25, 0.3) is 0 Å². The summed E-state index contributed by atoms with van der Waals surface area (Å²) in [4.78, 5) is 23.9. The highest BCUT2D eigenvalue weighted by Gasteiger charge is 2.29. The number of aryl methyl sites for hydroxylation is 2. The molecule has 0 saturated carbocycles. The molecule has 1 amide bonds. The maximum Gasteiger partial charge on any atom is 0.252 e. The molecule has 3 heterocycles. The van der Waals surface area contributed by atoms with Gasteiger partial charge in [0, 0.05) is 24.2 Å². The van der Waals surface area contributed by atoms with Gasteiger partial charge < -0.3 is 20.3 Å². The van der Waals surface area contributed by atoms with Crippen LogP contribution < -0.4 is 20.3 Å². The van der Waals surface area contributed by atoms with Gasteiger partial charge in [0.25, 0.3) is 5.91 Å². The van der Waals surface area contributed by atoms with Gasteiger partial charge in [-0.2, -0.15) is 0 Å². The summed E-state index contributed by atoms with van der Waals surface area (Å²) in [5, 5.41) is 7.21. The lowest BCUT2D eigenvalue weighted by Gasteiger charge is -2.35. The molecule has 2 aliphatic rings. The van der Waals surface area contributed by atoms with Gasteiger partial charge in [-0.3, -0.25) is 4.79 Å². The first kappa shape index (κ1) is 25.7. The van der Waals surface area contributed by atoms with E-state index in [0.29, 0.717) is 17.5 Å². The van der Waals surface area contributed by atoms with Crippen molar-refractivity contribution in [1.82, 2.24) is 20.6 Å². The smallest absolute Gasteiger partial charge is 0.252 e. The van der Waals surface area contributed by atoms with Gasteiger partial charge in [0.1, 0.15) is 5.75 Å². The molecular weight excluding hydrogens is 462 g/mol. The van der Waals surface area contributed by atoms with Crippen molar-refractivity contribution in [3.05, 3.63) is 46.2 Å². The molecule has 2 saturated heterocycles. The molecule has 2 fully saturated rings. The number of amides is 1. The molecule has 7 nitrogen and oxygen atoms in total. The van der Waals surface area contributed by atoms with Gasteiger partial charge in [0.2, 0.25) is 5.95 Å². The molecule has 0 aliphatic carbocycles. The minimum atomic E-state index is -0.144. The van der Waals surface area contributed by atoms with E-state index < -0.39 is 0 Å². The Hall–Kier alpha value is -2.38. The summed E-state index contributed by atoms with van der Waals surface area (Å²) in [6.45, 7) is 10.7. The molecular formula is C27H38ClN5O2. The van der Waals surface area contributed by atoms with Gasteiger partial charge in [-0.1, -0.05) is 11.6 Å². The van der Waals surface area contributed by atoms with Crippen LogP contribution in [0, 0.1) is 19.8 Å². The third kappa shape index (κ3) is 6.85. The largest absolute Gasteiger partial charge is 0.494 e. The number of carbonyl (C=O) groups excluding carboxylic acids is 1. The Labute approximate surface area is 214 Å². The summed E-state index contributed by atoms with van der Waals surface area (Å²) in [6.07, 6.45) is 9.68. The molecule has 0 unspecified atom stereocenters. The third-order valence-electron chi connectivity index (χ3n) is 7.39. The number of halogens is 1. The molecule has 2 aliphatic heterocycles. The summed E-state index contributed by atoms with van der Waals surface area (Å²) in [5.74, 6) is 2.34. The molecule has 4 rings (SSSR count). The van der Waals surface area contributed by atoms with Crippen molar-refractivity contribution in [3.63, 3.8) is 0 Å². The van der Waals surface area contributed by atoms with Crippen LogP contribution in [0.4, 0.5) is 5.95 Å². The minimum Gasteiger partial charge on any atom is -0.494 e. The lowest BCUT2D eigenvalue weighted by Crippen LogP contribution is -2.52. The summed E-state index contributed by atoms with van der Waals surface area (Å²) in [6, 6.07) is 3.99. The molecule has 0 spiro atoms. The normalized spacial score (nSPS) is 18.3. The zero-order chi connectivity index (χ0) is 24.8. The van der Waals surface area contributed by atoms with Crippen LogP contribution in [-0.2, 0) is 0 Å². The van der Waals surface area contributed by atoms with Gasteiger partial charge in [-0.25, -0.2) is 9.97 Å². The van der Waals surface area contributed by atoms with Crippen molar-refractivity contribution < 1.29 is 9.53 Å². The van der Waals surface area contributed by atoms with E-state index in [4.69, 9.17) is 16.3 Å². The quantitative estimate of drug-likeness (QED) is 0.513. The number of hydrogen-bond acceptors (Lipinski definition) is 6. The maximum atomic E-state index is 13.0. The highest BCUT2D eigenvalue weighted by molar-refractivity contribution is 6.30. The standard InChI is InChI=1S/C27H38ClN5O2/c1-19-15-23(16-20(2)24(19)25(34)32-27(3)8-10-29-11-9-27)35-14-4-5-21-6-12-33(13-7-21)26-30-17-22(28)18-31-26/h15-18,21,29H,4-14H2,1-3H3,(H,32,34). The Morgan fingerprint density at radius 3 is 2.43 bits per heavy atom. The Balaban J connectivity index is 1.22. The van der Waals surface area contributed by atoms with E-state index in [1.165, 1.54) is 0 Å². The monoisotopic (exact) mass is 499 g/mol. The molecule has 0 atom stereocenters. The van der Waals surface area contributed by atoms with Crippen LogP contribution in [0.2, 0.25) is 5.02 Å². The first-order valence-corrected chi connectivity index (χ1v) is 13.2. The van der Waals surface area contributed by atoms with E-state index in [-0.39, 0.29) is 11.4 Å². The molecule has 35 heavy (non-hydrogen) atoms. The number of ether oxygens (including phenoxy) is 1. The van der Waals surface area contributed by atoms with E-state index in [1.54, 1.807) is 12.4 Å². The third-order valence-corrected chi connectivity index (χ3v) is 7.58. The summed E-state index contributed by atoms with van der Waals surface area (Å²) in [7, 11) is 0. The summed E-state index contributed by atoms with van der Waals surface area (Å²) >= 11 is 5.89. The fourth-order valence-corrected chi connectivity index (χ4v) is 5.36. The summed E-state index contributed by atoms with van der Waals surface area (Å²) in [5.41, 5.74) is 2.56. The lowest BCUT2D eigenvalue weighted by molar-refractivity contribution is 0.0886. The van der Waals surface area contributed by atoms with Crippen LogP contribution in [0.15, 0.2) is 24.5 Å². The molecule has 1 aromatic heterocycles. The Bertz CT molecular complexity index is 976. The van der Waals surface area contributed by atoms with Gasteiger partial charge in [0.15, 0.2) is 0 Å². The fraction of sp³-hybridized carbons (Fsp3) is 0.593. The maximum absolute atomic E-state index is 13.0. The molecule has 0 radical (unpaired) electrons. The van der Waals surface area contributed by atoms with Crippen molar-refractivity contribution in [2.75, 3.05) is 37.7 Å². The fourth-order valence-electron chi connectivity index (χ4n) is 5.26. The number of piperidine rings is 2. The van der Waals surface area contributed by atoms with E-state index >= 15 is 0 Å². The van der Waals surface area contributed by atoms with Gasteiger partial charge in [0.05, 0.1) is 24.0 Å².